The van der Waals surface area contributed by atoms with E-state index in [9.17, 15) is 74.3 Å². The van der Waals surface area contributed by atoms with Gasteiger partial charge in [-0.1, -0.05) is 46.9 Å². The summed E-state index contributed by atoms with van der Waals surface area (Å²) in [5, 5.41) is 42.5. The van der Waals surface area contributed by atoms with Gasteiger partial charge in [-0.15, -0.1) is 0 Å². The molecule has 100 heavy (non-hydrogen) atoms. The number of benzene rings is 4. The number of aromatic hydroxyl groups is 2. The molecule has 3 fully saturated rings. The number of esters is 2. The molecule has 3 saturated heterocycles. The maximum Gasteiger partial charge on any atom is 0.419 e. The van der Waals surface area contributed by atoms with Crippen molar-refractivity contribution in [3.05, 3.63) is 186 Å². The highest BCUT2D eigenvalue weighted by Crippen LogP contribution is 2.50. The lowest BCUT2D eigenvalue weighted by Crippen LogP contribution is -2.37. The molecule has 4 aromatic carbocycles. The number of hydrogen-bond donors (Lipinski definition) is 4. The topological polar surface area (TPSA) is 258 Å². The van der Waals surface area contributed by atoms with E-state index < -0.39 is 115 Å². The van der Waals surface area contributed by atoms with E-state index in [1.54, 1.807) is 24.3 Å². The molecule has 3 aliphatic rings. The van der Waals surface area contributed by atoms with Crippen LogP contribution in [0.3, 0.4) is 0 Å². The van der Waals surface area contributed by atoms with Crippen molar-refractivity contribution in [2.24, 2.45) is 0 Å². The van der Waals surface area contributed by atoms with Crippen molar-refractivity contribution in [1.82, 2.24) is 15.0 Å². The van der Waals surface area contributed by atoms with Crippen LogP contribution in [-0.4, -0.2) is 148 Å². The number of ether oxygens (including phenoxy) is 7. The molecule has 530 valence electrons. The van der Waals surface area contributed by atoms with Crippen LogP contribution >= 0.6 is 34.8 Å². The second kappa shape index (κ2) is 32.1. The fourth-order valence-corrected chi connectivity index (χ4v) is 11.6. The minimum atomic E-state index is -4.93. The van der Waals surface area contributed by atoms with Crippen LogP contribution in [-0.2, 0) is 58.4 Å². The van der Waals surface area contributed by atoms with E-state index in [2.05, 4.69) is 19.7 Å². The van der Waals surface area contributed by atoms with E-state index in [0.29, 0.717) is 5.75 Å². The number of hydrogen-bond acceptors (Lipinski definition) is 21. The van der Waals surface area contributed by atoms with Crippen molar-refractivity contribution >= 4 is 97.6 Å². The number of fused-ring (bicyclic) bond motifs is 1. The monoisotopic (exact) mass is 1460 g/mol. The highest BCUT2D eigenvalue weighted by atomic mass is 35.5. The smallest absolute Gasteiger partial charge is 0.419 e. The summed E-state index contributed by atoms with van der Waals surface area (Å²) in [6.07, 6.45) is -10.8. The first kappa shape index (κ1) is 74.5. The Hall–Kier alpha value is -9.72. The maximum absolute atomic E-state index is 14.6. The summed E-state index contributed by atoms with van der Waals surface area (Å²) in [4.78, 5) is 54.2. The lowest BCUT2D eigenvalue weighted by molar-refractivity contribution is -0.139. The number of methoxy groups -OCH3 is 3. The molecule has 11 rings (SSSR count). The Labute approximate surface area is 577 Å². The number of morpholine rings is 3. The second-order valence-electron chi connectivity index (χ2n) is 21.6. The van der Waals surface area contributed by atoms with Crippen molar-refractivity contribution in [3.63, 3.8) is 0 Å². The van der Waals surface area contributed by atoms with Gasteiger partial charge in [-0.05, 0) is 90.5 Å². The predicted molar refractivity (Wildman–Crippen MR) is 350 cm³/mol. The molecule has 0 radical (unpaired) electrons. The van der Waals surface area contributed by atoms with Gasteiger partial charge in [0.15, 0.2) is 22.9 Å². The van der Waals surface area contributed by atoms with Crippen LogP contribution in [0.2, 0.25) is 15.1 Å². The number of nitrogens with zero attached hydrogens (tertiary/aromatic N) is 6. The zero-order valence-electron chi connectivity index (χ0n) is 52.7. The molecule has 4 aromatic heterocycles. The molecule has 0 unspecified atom stereocenters. The molecule has 0 saturated carbocycles. The maximum atomic E-state index is 14.6. The Morgan fingerprint density at radius 2 is 0.970 bits per heavy atom. The summed E-state index contributed by atoms with van der Waals surface area (Å²) in [5.74, 6) is -4.88. The van der Waals surface area contributed by atoms with Crippen LogP contribution in [0.15, 0.2) is 125 Å². The Balaban J connectivity index is 0.000000178. The van der Waals surface area contributed by atoms with E-state index in [4.69, 9.17) is 67.6 Å². The first-order valence-corrected chi connectivity index (χ1v) is 30.9. The quantitative estimate of drug-likeness (QED) is 0.0341. The van der Waals surface area contributed by atoms with E-state index in [1.807, 2.05) is 0 Å². The lowest BCUT2D eigenvalue weighted by atomic mass is 9.94. The number of aromatic nitrogens is 3. The number of pyridine rings is 3. The molecule has 0 aliphatic carbocycles. The number of aliphatic hydroxyl groups excluding tert-OH is 2. The van der Waals surface area contributed by atoms with Gasteiger partial charge in [-0.3, -0.25) is 0 Å². The highest BCUT2D eigenvalue weighted by molar-refractivity contribution is 6.33. The first-order chi connectivity index (χ1) is 47.5. The van der Waals surface area contributed by atoms with E-state index >= 15 is 0 Å². The predicted octanol–water partition coefficient (Wildman–Crippen LogP) is 13.7. The molecule has 0 amide bonds. The second-order valence-corrected chi connectivity index (χ2v) is 22.9. The van der Waals surface area contributed by atoms with Crippen LogP contribution < -0.4 is 29.8 Å². The number of halogens is 12. The molecule has 8 aromatic rings. The average Bonchev–Trinajstić information content (AvgIpc) is 0.763. The third-order valence-corrected chi connectivity index (χ3v) is 16.1. The van der Waals surface area contributed by atoms with Gasteiger partial charge in [0.2, 0.25) is 0 Å². The van der Waals surface area contributed by atoms with Crippen LogP contribution in [0.4, 0.5) is 56.6 Å². The number of anilines is 3. The largest absolute Gasteiger partial charge is 0.506 e. The minimum absolute atomic E-state index is 0.0191. The molecule has 0 bridgehead atoms. The molecule has 3 aliphatic heterocycles. The van der Waals surface area contributed by atoms with Crippen molar-refractivity contribution in [3.8, 4) is 34.1 Å². The van der Waals surface area contributed by atoms with E-state index in [0.717, 1.165) is 50.1 Å². The highest BCUT2D eigenvalue weighted by Gasteiger charge is 2.44. The van der Waals surface area contributed by atoms with Crippen molar-refractivity contribution < 1.29 is 107 Å². The molecule has 0 spiro atoms. The van der Waals surface area contributed by atoms with Crippen LogP contribution in [0, 0.1) is 0 Å². The van der Waals surface area contributed by atoms with Crippen molar-refractivity contribution in [1.29, 1.82) is 0 Å². The summed E-state index contributed by atoms with van der Waals surface area (Å²) in [6, 6.07) is 21.7. The van der Waals surface area contributed by atoms with Crippen LogP contribution in [0.1, 0.15) is 44.8 Å². The Morgan fingerprint density at radius 3 is 1.42 bits per heavy atom. The van der Waals surface area contributed by atoms with Crippen LogP contribution in [0.5, 0.6) is 23.0 Å². The fraction of sp³-hybridized carbons (Fsp3) is 0.284. The molecular weight excluding hydrogens is 1410 g/mol. The SMILES string of the molecule is COC(=O)/C(=C(/O)c1ncccc1O)c1cc(Cl)cc(N2CCOCC2)c1C(F)(F)F.COC(=O)/C(=C(/O)c1ncccc1OCc1ccc(OC)cc1)c1cc(Cl)cc(N2CCOCC2)c1C(F)(F)F.O=c1oc2cccnc2c(O)c1-c1cc(Cl)cc(N2CCOCC2)c1C(F)(F)F. The van der Waals surface area contributed by atoms with Crippen molar-refractivity contribution in [2.45, 2.75) is 25.1 Å². The van der Waals surface area contributed by atoms with Gasteiger partial charge >= 0.3 is 36.1 Å². The normalized spacial score (nSPS) is 14.9. The van der Waals surface area contributed by atoms with Gasteiger partial charge in [0.05, 0.1) is 94.7 Å². The van der Waals surface area contributed by atoms with Gasteiger partial charge in [0.1, 0.15) is 57.5 Å². The summed E-state index contributed by atoms with van der Waals surface area (Å²) in [5.41, 5.74) is -9.54. The fourth-order valence-electron chi connectivity index (χ4n) is 10.9. The Bertz CT molecular complexity index is 4430. The summed E-state index contributed by atoms with van der Waals surface area (Å²) in [6.45, 7) is 2.56. The van der Waals surface area contributed by atoms with Gasteiger partial charge < -0.3 is 72.7 Å². The average molecular weight is 1460 g/mol. The summed E-state index contributed by atoms with van der Waals surface area (Å²) < 4.78 is 170. The van der Waals surface area contributed by atoms with Crippen molar-refractivity contribution in [2.75, 3.05) is 115 Å². The van der Waals surface area contributed by atoms with Gasteiger partial charge in [0.25, 0.3) is 0 Å². The molecule has 33 heteroatoms. The van der Waals surface area contributed by atoms with E-state index in [-0.39, 0.29) is 140 Å². The van der Waals surface area contributed by atoms with Gasteiger partial charge in [0, 0.05) is 89.6 Å². The molecular formula is C67H58Cl3F9N6O15. The summed E-state index contributed by atoms with van der Waals surface area (Å²) in [7, 11) is 3.49. The number of aliphatic hydroxyl groups is 2. The van der Waals surface area contributed by atoms with Gasteiger partial charge in [-0.25, -0.2) is 29.3 Å². The molecule has 7 heterocycles. The van der Waals surface area contributed by atoms with Crippen LogP contribution in [0.25, 0.3) is 44.9 Å². The molecule has 21 nitrogen and oxygen atoms in total. The zero-order valence-corrected chi connectivity index (χ0v) is 54.9. The number of carbonyl (C=O) groups excluding carboxylic acids is 2. The summed E-state index contributed by atoms with van der Waals surface area (Å²) >= 11 is 18.5. The molecule has 0 atom stereocenters. The Kier molecular flexibility index (Phi) is 23.9. The van der Waals surface area contributed by atoms with E-state index in [1.165, 1.54) is 82.9 Å². The zero-order chi connectivity index (χ0) is 72.4. The lowest BCUT2D eigenvalue weighted by Gasteiger charge is -2.32. The number of alkyl halides is 9. The minimum Gasteiger partial charge on any atom is -0.506 e. The third-order valence-electron chi connectivity index (χ3n) is 15.4. The van der Waals surface area contributed by atoms with Gasteiger partial charge in [-0.2, -0.15) is 39.5 Å². The number of carbonyl (C=O) groups is 2. The third kappa shape index (κ3) is 17.1. The first-order valence-electron chi connectivity index (χ1n) is 29.8. The molecule has 4 N–H and O–H groups in total. The number of rotatable bonds is 14. The Morgan fingerprint density at radius 1 is 0.550 bits per heavy atom. The standard InChI is InChI=1S/C28H26ClF3N2O6.C20H18ClF3N2O5.C19H14ClF3N2O4/c1-37-19-7-5-17(6-8-19)16-40-22-4-3-9-33-25(22)26(35)23(27(36)38-2)20-14-18(29)15-21(24(20)28(30,31)32)34-10-12-39-13-11-34;1-30-19(29)15(18(28)17-14(27)3-2-4-25-17)12-9-11(21)10-13(16(12)20(22,23)24)26-5-7-31-8-6-26;20-10-8-11(14-17(26)16-13(29-18(14)27)2-1-3-24-16)15(19(21,22)23)12(9-10)25-4-6-28-7-5-25/h3-9,14-15,35H,10-13,16H2,1-2H3;2-4,9-10,27-28H,5-8H2,1H3;1-3,8-9,26H,4-7H2/b26-23+;18-15+;.